The van der Waals surface area contributed by atoms with Crippen molar-refractivity contribution in [3.63, 3.8) is 0 Å². The maximum absolute atomic E-state index is 5.15. The van der Waals surface area contributed by atoms with Crippen LogP contribution in [0.25, 0.3) is 55.4 Å². The summed E-state index contributed by atoms with van der Waals surface area (Å²) >= 11 is 0. The summed E-state index contributed by atoms with van der Waals surface area (Å²) in [6.45, 7) is 0. The van der Waals surface area contributed by atoms with Crippen molar-refractivity contribution in [1.82, 2.24) is 9.97 Å². The van der Waals surface area contributed by atoms with E-state index >= 15 is 0 Å². The molecule has 6 aromatic rings. The van der Waals surface area contributed by atoms with Crippen LogP contribution < -0.4 is 0 Å². The van der Waals surface area contributed by atoms with E-state index in [0.29, 0.717) is 0 Å². The fourth-order valence-electron chi connectivity index (χ4n) is 4.39. The molecule has 2 aromatic heterocycles. The highest BCUT2D eigenvalue weighted by Crippen LogP contribution is 2.42. The van der Waals surface area contributed by atoms with Gasteiger partial charge < -0.3 is 0 Å². The largest absolute Gasteiger partial charge is 0.246 e. The highest BCUT2D eigenvalue weighted by Gasteiger charge is 2.20. The van der Waals surface area contributed by atoms with Gasteiger partial charge in [-0.15, -0.1) is 0 Å². The highest BCUT2D eigenvalue weighted by atomic mass is 14.8. The quantitative estimate of drug-likeness (QED) is 0.299. The third kappa shape index (κ3) is 3.14. The second-order valence-corrected chi connectivity index (χ2v) is 7.85. The van der Waals surface area contributed by atoms with Gasteiger partial charge >= 0.3 is 0 Å². The minimum absolute atomic E-state index is 0.880. The molecule has 4 aromatic carbocycles. The van der Waals surface area contributed by atoms with Crippen molar-refractivity contribution in [2.75, 3.05) is 0 Å². The molecule has 0 aliphatic heterocycles. The van der Waals surface area contributed by atoms with Crippen LogP contribution >= 0.6 is 0 Å². The summed E-state index contributed by atoms with van der Waals surface area (Å²) in [5.41, 5.74) is 8.33. The van der Waals surface area contributed by atoms with Gasteiger partial charge in [-0.1, -0.05) is 103 Å². The van der Waals surface area contributed by atoms with Crippen molar-refractivity contribution in [3.8, 4) is 33.6 Å². The average Bonchev–Trinajstić information content (AvgIpc) is 2.88. The van der Waals surface area contributed by atoms with Gasteiger partial charge in [0.1, 0.15) is 0 Å². The van der Waals surface area contributed by atoms with Crippen LogP contribution in [0.15, 0.2) is 121 Å². The molecule has 0 fully saturated rings. The monoisotopic (exact) mass is 408 g/mol. The lowest BCUT2D eigenvalue weighted by atomic mass is 9.89. The first kappa shape index (κ1) is 18.5. The maximum atomic E-state index is 5.15. The first-order valence-electron chi connectivity index (χ1n) is 10.8. The Morgan fingerprint density at radius 3 is 1.75 bits per heavy atom. The molecule has 0 saturated carbocycles. The lowest BCUT2D eigenvalue weighted by molar-refractivity contribution is 1.32. The van der Waals surface area contributed by atoms with E-state index < -0.39 is 0 Å². The van der Waals surface area contributed by atoms with Crippen LogP contribution in [-0.4, -0.2) is 9.97 Å². The molecular formula is C30H20N2. The van der Waals surface area contributed by atoms with Crippen LogP contribution in [0.3, 0.4) is 0 Å². The second-order valence-electron chi connectivity index (χ2n) is 7.85. The molecule has 2 heteroatoms. The van der Waals surface area contributed by atoms with Gasteiger partial charge in [-0.3, -0.25) is 0 Å². The van der Waals surface area contributed by atoms with Crippen LogP contribution in [-0.2, 0) is 0 Å². The number of rotatable bonds is 3. The number of para-hydroxylation sites is 2. The molecule has 2 nitrogen and oxygen atoms in total. The van der Waals surface area contributed by atoms with E-state index in [1.54, 1.807) is 0 Å². The van der Waals surface area contributed by atoms with Crippen LogP contribution in [0.1, 0.15) is 0 Å². The molecule has 0 amide bonds. The van der Waals surface area contributed by atoms with Crippen molar-refractivity contribution in [2.24, 2.45) is 0 Å². The van der Waals surface area contributed by atoms with Crippen molar-refractivity contribution in [3.05, 3.63) is 121 Å². The number of pyridine rings is 2. The second kappa shape index (κ2) is 7.75. The van der Waals surface area contributed by atoms with Gasteiger partial charge in [0.15, 0.2) is 0 Å². The number of aromatic nitrogens is 2. The molecule has 150 valence electrons. The minimum atomic E-state index is 0.880. The molecule has 0 spiro atoms. The standard InChI is InChI=1S/C30H20N2/c1-3-12-22(13-4-1)28-24-16-8-10-18-26(24)32-30(29(28)23-14-5-2-6-15-23)27-20-19-21-11-7-9-17-25(21)31-27/h1-20H. The van der Waals surface area contributed by atoms with Crippen LogP contribution in [0.2, 0.25) is 0 Å². The third-order valence-corrected chi connectivity index (χ3v) is 5.86. The topological polar surface area (TPSA) is 25.8 Å². The minimum Gasteiger partial charge on any atom is -0.246 e. The van der Waals surface area contributed by atoms with E-state index in [1.807, 2.05) is 24.3 Å². The average molecular weight is 409 g/mol. The lowest BCUT2D eigenvalue weighted by Gasteiger charge is -2.18. The van der Waals surface area contributed by atoms with Gasteiger partial charge in [0.05, 0.1) is 22.4 Å². The summed E-state index contributed by atoms with van der Waals surface area (Å²) in [6.07, 6.45) is 0. The van der Waals surface area contributed by atoms with Gasteiger partial charge in [0.2, 0.25) is 0 Å². The maximum Gasteiger partial charge on any atom is 0.0978 e. The number of benzene rings is 4. The van der Waals surface area contributed by atoms with Crippen molar-refractivity contribution < 1.29 is 0 Å². The predicted octanol–water partition coefficient (Wildman–Crippen LogP) is 7.78. The molecule has 0 aliphatic carbocycles. The number of fused-ring (bicyclic) bond motifs is 2. The lowest BCUT2D eigenvalue weighted by Crippen LogP contribution is -1.98. The third-order valence-electron chi connectivity index (χ3n) is 5.86. The van der Waals surface area contributed by atoms with Crippen LogP contribution in [0.4, 0.5) is 0 Å². The molecule has 0 radical (unpaired) electrons. The SMILES string of the molecule is c1ccc(-c2c(-c3ccc4ccccc4n3)nc3ccccc3c2-c2ccccc2)cc1. The fraction of sp³-hybridized carbons (Fsp3) is 0. The number of hydrogen-bond acceptors (Lipinski definition) is 2. The zero-order valence-electron chi connectivity index (χ0n) is 17.4. The van der Waals surface area contributed by atoms with E-state index in [9.17, 15) is 0 Å². The summed E-state index contributed by atoms with van der Waals surface area (Å²) < 4.78 is 0. The molecular weight excluding hydrogens is 388 g/mol. The van der Waals surface area contributed by atoms with E-state index in [0.717, 1.165) is 44.3 Å². The Balaban J connectivity index is 1.77. The van der Waals surface area contributed by atoms with E-state index in [-0.39, 0.29) is 0 Å². The zero-order valence-corrected chi connectivity index (χ0v) is 17.4. The number of hydrogen-bond donors (Lipinski definition) is 0. The Bertz CT molecular complexity index is 1550. The van der Waals surface area contributed by atoms with Gasteiger partial charge in [-0.2, -0.15) is 0 Å². The molecule has 32 heavy (non-hydrogen) atoms. The van der Waals surface area contributed by atoms with E-state index in [2.05, 4.69) is 97.1 Å². The van der Waals surface area contributed by atoms with Crippen LogP contribution in [0, 0.1) is 0 Å². The zero-order chi connectivity index (χ0) is 21.3. The number of nitrogens with zero attached hydrogens (tertiary/aromatic N) is 2. The Morgan fingerprint density at radius 2 is 1.00 bits per heavy atom. The molecule has 6 rings (SSSR count). The molecule has 2 heterocycles. The Labute approximate surface area is 186 Å². The summed E-state index contributed by atoms with van der Waals surface area (Å²) in [6, 6.07) is 41.9. The van der Waals surface area contributed by atoms with Crippen molar-refractivity contribution in [2.45, 2.75) is 0 Å². The molecule has 0 N–H and O–H groups in total. The highest BCUT2D eigenvalue weighted by molar-refractivity contribution is 6.06. The Morgan fingerprint density at radius 1 is 0.406 bits per heavy atom. The first-order valence-corrected chi connectivity index (χ1v) is 10.8. The molecule has 0 unspecified atom stereocenters. The van der Waals surface area contributed by atoms with Gasteiger partial charge in [-0.05, 0) is 29.3 Å². The predicted molar refractivity (Wildman–Crippen MR) is 133 cm³/mol. The Hall–Kier alpha value is -4.30. The van der Waals surface area contributed by atoms with Gasteiger partial charge in [0.25, 0.3) is 0 Å². The fourth-order valence-corrected chi connectivity index (χ4v) is 4.39. The summed E-state index contributed by atoms with van der Waals surface area (Å²) in [7, 11) is 0. The smallest absolute Gasteiger partial charge is 0.0978 e. The Kier molecular flexibility index (Phi) is 4.47. The van der Waals surface area contributed by atoms with E-state index in [4.69, 9.17) is 9.97 Å². The van der Waals surface area contributed by atoms with Crippen molar-refractivity contribution in [1.29, 1.82) is 0 Å². The molecule has 0 atom stereocenters. The molecule has 0 saturated heterocycles. The molecule has 0 aliphatic rings. The van der Waals surface area contributed by atoms with Gasteiger partial charge in [0, 0.05) is 21.9 Å². The summed E-state index contributed by atoms with van der Waals surface area (Å²) in [4.78, 5) is 10.2. The first-order chi connectivity index (χ1) is 15.9. The van der Waals surface area contributed by atoms with Crippen molar-refractivity contribution >= 4 is 21.8 Å². The summed E-state index contributed by atoms with van der Waals surface area (Å²) in [5.74, 6) is 0. The normalized spacial score (nSPS) is 11.1. The van der Waals surface area contributed by atoms with Gasteiger partial charge in [-0.25, -0.2) is 9.97 Å². The summed E-state index contributed by atoms with van der Waals surface area (Å²) in [5, 5.41) is 2.27. The van der Waals surface area contributed by atoms with Crippen LogP contribution in [0.5, 0.6) is 0 Å². The molecule has 0 bridgehead atoms. The van der Waals surface area contributed by atoms with E-state index in [1.165, 1.54) is 11.1 Å².